The Balaban J connectivity index is 1.36. The minimum atomic E-state index is -0.686. The molecule has 0 bridgehead atoms. The maximum absolute atomic E-state index is 14.8. The van der Waals surface area contributed by atoms with Crippen molar-refractivity contribution in [1.82, 2.24) is 30.1 Å². The molecule has 0 spiro atoms. The first-order valence-electron chi connectivity index (χ1n) is 11.8. The molecule has 4 rings (SSSR count). The number of aromatic hydroxyl groups is 1. The Labute approximate surface area is 223 Å². The van der Waals surface area contributed by atoms with Gasteiger partial charge in [0.15, 0.2) is 28.9 Å². The number of carbonyl (C=O) groups is 1. The molecule has 0 radical (unpaired) electrons. The zero-order valence-electron chi connectivity index (χ0n) is 21.5. The monoisotopic (exact) mass is 534 g/mol. The number of phenolic OH excluding ortho intramolecular Hbond substituents is 1. The minimum absolute atomic E-state index is 0.0375. The van der Waals surface area contributed by atoms with Gasteiger partial charge in [0.25, 0.3) is 0 Å². The number of amides is 2. The third-order valence-corrected chi connectivity index (χ3v) is 5.36. The number of nitrogens with zero attached hydrogens (tertiary/aromatic N) is 6. The van der Waals surface area contributed by atoms with Crippen LogP contribution in [0.2, 0.25) is 0 Å². The standard InChI is InChI=1S/C26H27FN8O4/c1-34(2)10-11-35-16-30-32-25(35)21-14-19(8-9-28-21)39-23-7-5-18(13-20(23)27)31-26(37)33-29-15-17-4-6-24(38-3)22(36)12-17/h4-9,12-16,36H,10-11H2,1-3H3,(H2,31,33,37)/b29-15+. The van der Waals surface area contributed by atoms with E-state index in [0.717, 1.165) is 12.6 Å². The summed E-state index contributed by atoms with van der Waals surface area (Å²) < 4.78 is 27.3. The summed E-state index contributed by atoms with van der Waals surface area (Å²) in [6, 6.07) is 11.2. The van der Waals surface area contributed by atoms with Crippen LogP contribution in [0.25, 0.3) is 11.5 Å². The summed E-state index contributed by atoms with van der Waals surface area (Å²) in [7, 11) is 5.39. The number of hydrogen-bond acceptors (Lipinski definition) is 9. The summed E-state index contributed by atoms with van der Waals surface area (Å²) in [5, 5.41) is 24.2. The van der Waals surface area contributed by atoms with Crippen molar-refractivity contribution in [2.24, 2.45) is 5.10 Å². The van der Waals surface area contributed by atoms with Gasteiger partial charge in [-0.1, -0.05) is 0 Å². The van der Waals surface area contributed by atoms with Crippen molar-refractivity contribution in [3.63, 3.8) is 0 Å². The van der Waals surface area contributed by atoms with Crippen LogP contribution in [0, 0.1) is 5.82 Å². The number of nitrogens with one attached hydrogen (secondary N) is 2. The number of methoxy groups -OCH3 is 1. The summed E-state index contributed by atoms with van der Waals surface area (Å²) in [6.07, 6.45) is 4.51. The largest absolute Gasteiger partial charge is 0.504 e. The van der Waals surface area contributed by atoms with Crippen LogP contribution in [0.3, 0.4) is 0 Å². The summed E-state index contributed by atoms with van der Waals surface area (Å²) >= 11 is 0. The number of benzene rings is 2. The number of rotatable bonds is 10. The molecule has 202 valence electrons. The number of likely N-dealkylation sites (N-methyl/N-ethyl adjacent to an activating group) is 1. The van der Waals surface area contributed by atoms with Gasteiger partial charge in [0.2, 0.25) is 0 Å². The number of anilines is 1. The van der Waals surface area contributed by atoms with Crippen molar-refractivity contribution in [1.29, 1.82) is 0 Å². The average molecular weight is 535 g/mol. The number of urea groups is 1. The highest BCUT2D eigenvalue weighted by Gasteiger charge is 2.13. The van der Waals surface area contributed by atoms with Crippen molar-refractivity contribution in [2.45, 2.75) is 6.54 Å². The third-order valence-electron chi connectivity index (χ3n) is 5.36. The van der Waals surface area contributed by atoms with E-state index in [1.807, 2.05) is 23.6 Å². The average Bonchev–Trinajstić information content (AvgIpc) is 3.38. The number of hydrazone groups is 1. The van der Waals surface area contributed by atoms with E-state index < -0.39 is 11.8 Å². The number of phenols is 1. The predicted octanol–water partition coefficient (Wildman–Crippen LogP) is 3.70. The number of hydrogen-bond donors (Lipinski definition) is 3. The zero-order valence-corrected chi connectivity index (χ0v) is 21.5. The first kappa shape index (κ1) is 27.0. The van der Waals surface area contributed by atoms with E-state index in [2.05, 4.69) is 31.0 Å². The first-order chi connectivity index (χ1) is 18.8. The van der Waals surface area contributed by atoms with Gasteiger partial charge in [-0.2, -0.15) is 5.10 Å². The molecule has 0 fully saturated rings. The van der Waals surface area contributed by atoms with Gasteiger partial charge < -0.3 is 29.4 Å². The molecule has 2 aromatic heterocycles. The molecule has 0 atom stereocenters. The summed E-state index contributed by atoms with van der Waals surface area (Å²) in [6.45, 7) is 1.47. The van der Waals surface area contributed by atoms with Crippen molar-refractivity contribution < 1.29 is 23.8 Å². The lowest BCUT2D eigenvalue weighted by atomic mass is 10.2. The van der Waals surface area contributed by atoms with E-state index in [9.17, 15) is 14.3 Å². The number of pyridine rings is 1. The van der Waals surface area contributed by atoms with Crippen molar-refractivity contribution in [3.8, 4) is 34.5 Å². The SMILES string of the molecule is COc1ccc(/C=N/NC(=O)Nc2ccc(Oc3ccnc(-c4nncn4CCN(C)C)c3)c(F)c2)cc1O. The van der Waals surface area contributed by atoms with Crippen molar-refractivity contribution >= 4 is 17.9 Å². The number of ether oxygens (including phenoxy) is 2. The molecule has 0 aliphatic carbocycles. The van der Waals surface area contributed by atoms with Gasteiger partial charge in [0, 0.05) is 37.1 Å². The quantitative estimate of drug-likeness (QED) is 0.207. The Bertz CT molecular complexity index is 1470. The topological polar surface area (TPSA) is 139 Å². The van der Waals surface area contributed by atoms with Crippen LogP contribution < -0.4 is 20.2 Å². The number of carbonyl (C=O) groups excluding carboxylic acids is 1. The van der Waals surface area contributed by atoms with Gasteiger partial charge in [-0.25, -0.2) is 14.6 Å². The summed E-state index contributed by atoms with van der Waals surface area (Å²) in [5.41, 5.74) is 3.53. The normalized spacial score (nSPS) is 11.1. The molecular weight excluding hydrogens is 507 g/mol. The maximum Gasteiger partial charge on any atom is 0.339 e. The predicted molar refractivity (Wildman–Crippen MR) is 143 cm³/mol. The van der Waals surface area contributed by atoms with Crippen LogP contribution in [-0.2, 0) is 6.54 Å². The molecular formula is C26H27FN8O4. The van der Waals surface area contributed by atoms with Crippen LogP contribution in [0.1, 0.15) is 5.56 Å². The molecule has 12 nitrogen and oxygen atoms in total. The molecule has 2 aromatic carbocycles. The summed E-state index contributed by atoms with van der Waals surface area (Å²) in [4.78, 5) is 18.5. The van der Waals surface area contributed by atoms with Crippen LogP contribution in [0.5, 0.6) is 23.0 Å². The van der Waals surface area contributed by atoms with E-state index >= 15 is 0 Å². The van der Waals surface area contributed by atoms with E-state index in [1.165, 1.54) is 31.5 Å². The van der Waals surface area contributed by atoms with Crippen molar-refractivity contribution in [3.05, 3.63) is 72.4 Å². The Morgan fingerprint density at radius 3 is 2.74 bits per heavy atom. The smallest absolute Gasteiger partial charge is 0.339 e. The molecule has 3 N–H and O–H groups in total. The Hall–Kier alpha value is -5.04. The Morgan fingerprint density at radius 1 is 1.18 bits per heavy atom. The highest BCUT2D eigenvalue weighted by atomic mass is 19.1. The molecule has 2 heterocycles. The van der Waals surface area contributed by atoms with E-state index in [4.69, 9.17) is 9.47 Å². The fourth-order valence-corrected chi connectivity index (χ4v) is 3.42. The lowest BCUT2D eigenvalue weighted by molar-refractivity contribution is 0.252. The maximum atomic E-state index is 14.8. The highest BCUT2D eigenvalue weighted by Crippen LogP contribution is 2.29. The van der Waals surface area contributed by atoms with E-state index in [0.29, 0.717) is 35.1 Å². The first-order valence-corrected chi connectivity index (χ1v) is 11.8. The second-order valence-corrected chi connectivity index (χ2v) is 8.53. The molecule has 0 aliphatic rings. The zero-order chi connectivity index (χ0) is 27.8. The van der Waals surface area contributed by atoms with Gasteiger partial charge in [0.05, 0.1) is 13.3 Å². The summed E-state index contributed by atoms with van der Waals surface area (Å²) in [5.74, 6) is 0.465. The lowest BCUT2D eigenvalue weighted by Crippen LogP contribution is -2.24. The molecule has 0 aliphatic heterocycles. The molecule has 39 heavy (non-hydrogen) atoms. The van der Waals surface area contributed by atoms with Crippen LogP contribution in [0.4, 0.5) is 14.9 Å². The van der Waals surface area contributed by atoms with Gasteiger partial charge in [-0.05, 0) is 56.1 Å². The third kappa shape index (κ3) is 7.26. The molecule has 4 aromatic rings. The van der Waals surface area contributed by atoms with Gasteiger partial charge in [-0.3, -0.25) is 4.98 Å². The van der Waals surface area contributed by atoms with Crippen LogP contribution in [-0.4, -0.2) is 69.8 Å². The Kier molecular flexibility index (Phi) is 8.64. The molecule has 13 heteroatoms. The molecule has 0 unspecified atom stereocenters. The Morgan fingerprint density at radius 2 is 2.00 bits per heavy atom. The highest BCUT2D eigenvalue weighted by molar-refractivity contribution is 5.90. The molecule has 2 amide bonds. The fraction of sp³-hybridized carbons (Fsp3) is 0.192. The van der Waals surface area contributed by atoms with Crippen molar-refractivity contribution in [2.75, 3.05) is 33.1 Å². The number of halogens is 1. The van der Waals surface area contributed by atoms with Gasteiger partial charge in [-0.15, -0.1) is 10.2 Å². The van der Waals surface area contributed by atoms with Gasteiger partial charge >= 0.3 is 6.03 Å². The molecule has 0 saturated heterocycles. The fourth-order valence-electron chi connectivity index (χ4n) is 3.42. The van der Waals surface area contributed by atoms with Crippen LogP contribution >= 0.6 is 0 Å². The minimum Gasteiger partial charge on any atom is -0.504 e. The second kappa shape index (κ2) is 12.5. The second-order valence-electron chi connectivity index (χ2n) is 8.53. The number of aromatic nitrogens is 4. The van der Waals surface area contributed by atoms with Crippen LogP contribution in [0.15, 0.2) is 66.2 Å². The van der Waals surface area contributed by atoms with E-state index in [1.54, 1.807) is 36.8 Å². The van der Waals surface area contributed by atoms with E-state index in [-0.39, 0.29) is 17.2 Å². The molecule has 0 saturated carbocycles. The van der Waals surface area contributed by atoms with Gasteiger partial charge in [0.1, 0.15) is 17.8 Å². The lowest BCUT2D eigenvalue weighted by Gasteiger charge is -2.12.